The lowest BCUT2D eigenvalue weighted by Crippen LogP contribution is -2.57. The predicted octanol–water partition coefficient (Wildman–Crippen LogP) is 0.184. The van der Waals surface area contributed by atoms with Gasteiger partial charge in [-0.15, -0.1) is 0 Å². The predicted molar refractivity (Wildman–Crippen MR) is 57.1 cm³/mol. The fraction of sp³-hybridized carbons (Fsp3) is 0.455. The molecule has 1 aromatic rings. The van der Waals surface area contributed by atoms with E-state index >= 15 is 0 Å². The van der Waals surface area contributed by atoms with Gasteiger partial charge in [0.15, 0.2) is 0 Å². The lowest BCUT2D eigenvalue weighted by atomic mass is 10.1. The van der Waals surface area contributed by atoms with Crippen molar-refractivity contribution in [3.05, 3.63) is 30.1 Å². The van der Waals surface area contributed by atoms with Gasteiger partial charge >= 0.3 is 0 Å². The molecule has 0 aliphatic carbocycles. The maximum atomic E-state index is 11.6. The van der Waals surface area contributed by atoms with Gasteiger partial charge in [-0.05, 0) is 18.6 Å². The molecule has 0 unspecified atom stereocenters. The van der Waals surface area contributed by atoms with Crippen molar-refractivity contribution in [2.24, 2.45) is 5.73 Å². The summed E-state index contributed by atoms with van der Waals surface area (Å²) >= 11 is 0. The number of hydrogen-bond acceptors (Lipinski definition) is 3. The Morgan fingerprint density at radius 1 is 1.53 bits per heavy atom. The molecule has 15 heavy (non-hydrogen) atoms. The normalized spacial score (nSPS) is 16.2. The van der Waals surface area contributed by atoms with Crippen molar-refractivity contribution in [1.29, 1.82) is 0 Å². The van der Waals surface area contributed by atoms with Crippen molar-refractivity contribution in [3.63, 3.8) is 0 Å². The molecule has 4 heteroatoms. The van der Waals surface area contributed by atoms with Crippen molar-refractivity contribution in [2.45, 2.75) is 18.9 Å². The van der Waals surface area contributed by atoms with E-state index in [0.717, 1.165) is 5.69 Å². The van der Waals surface area contributed by atoms with Gasteiger partial charge in [0, 0.05) is 37.4 Å². The summed E-state index contributed by atoms with van der Waals surface area (Å²) in [6.07, 6.45) is 2.99. The van der Waals surface area contributed by atoms with Crippen molar-refractivity contribution >= 4 is 5.91 Å². The van der Waals surface area contributed by atoms with Crippen LogP contribution in [0.25, 0.3) is 0 Å². The zero-order valence-corrected chi connectivity index (χ0v) is 8.60. The molecule has 4 nitrogen and oxygen atoms in total. The number of pyridine rings is 1. The summed E-state index contributed by atoms with van der Waals surface area (Å²) in [5.74, 6) is 0.183. The third kappa shape index (κ3) is 2.53. The van der Waals surface area contributed by atoms with Crippen LogP contribution in [0.2, 0.25) is 0 Å². The van der Waals surface area contributed by atoms with E-state index in [-0.39, 0.29) is 11.9 Å². The van der Waals surface area contributed by atoms with Gasteiger partial charge in [0.2, 0.25) is 5.91 Å². The van der Waals surface area contributed by atoms with Gasteiger partial charge in [-0.25, -0.2) is 0 Å². The van der Waals surface area contributed by atoms with Gasteiger partial charge in [-0.3, -0.25) is 9.78 Å². The minimum atomic E-state index is 0.183. The van der Waals surface area contributed by atoms with Gasteiger partial charge in [-0.1, -0.05) is 6.07 Å². The molecule has 1 aromatic heterocycles. The lowest BCUT2D eigenvalue weighted by Gasteiger charge is -2.36. The van der Waals surface area contributed by atoms with Crippen LogP contribution in [0.5, 0.6) is 0 Å². The van der Waals surface area contributed by atoms with E-state index in [9.17, 15) is 4.79 Å². The zero-order chi connectivity index (χ0) is 10.7. The maximum Gasteiger partial charge on any atom is 0.223 e. The van der Waals surface area contributed by atoms with Crippen molar-refractivity contribution < 1.29 is 4.79 Å². The molecule has 0 saturated carbocycles. The Morgan fingerprint density at radius 2 is 2.33 bits per heavy atom. The van der Waals surface area contributed by atoms with E-state index < -0.39 is 0 Å². The molecule has 1 amide bonds. The maximum absolute atomic E-state index is 11.6. The molecule has 1 saturated heterocycles. The summed E-state index contributed by atoms with van der Waals surface area (Å²) in [5, 5.41) is 0. The summed E-state index contributed by atoms with van der Waals surface area (Å²) < 4.78 is 0. The average Bonchev–Trinajstić information content (AvgIpc) is 2.23. The summed E-state index contributed by atoms with van der Waals surface area (Å²) in [5.41, 5.74) is 6.58. The molecule has 2 rings (SSSR count). The van der Waals surface area contributed by atoms with E-state index in [4.69, 9.17) is 5.73 Å². The molecule has 1 aliphatic heterocycles. The van der Waals surface area contributed by atoms with E-state index in [0.29, 0.717) is 25.9 Å². The molecular formula is C11H15N3O. The summed E-state index contributed by atoms with van der Waals surface area (Å²) in [6, 6.07) is 5.94. The van der Waals surface area contributed by atoms with Gasteiger partial charge in [0.05, 0.1) is 0 Å². The number of hydrogen-bond donors (Lipinski definition) is 1. The van der Waals surface area contributed by atoms with Crippen LogP contribution < -0.4 is 5.73 Å². The highest BCUT2D eigenvalue weighted by Gasteiger charge is 2.26. The number of carbonyl (C=O) groups is 1. The zero-order valence-electron chi connectivity index (χ0n) is 8.60. The minimum Gasteiger partial charge on any atom is -0.339 e. The smallest absolute Gasteiger partial charge is 0.223 e. The molecule has 0 atom stereocenters. The largest absolute Gasteiger partial charge is 0.339 e. The number of rotatable bonds is 3. The van der Waals surface area contributed by atoms with Crippen LogP contribution in [-0.4, -0.2) is 34.9 Å². The molecule has 0 aromatic carbocycles. The number of amides is 1. The first-order valence-corrected chi connectivity index (χ1v) is 5.19. The second kappa shape index (κ2) is 4.40. The highest BCUT2D eigenvalue weighted by atomic mass is 16.2. The number of nitrogens with two attached hydrogens (primary N) is 1. The fourth-order valence-electron chi connectivity index (χ4n) is 1.66. The Kier molecular flexibility index (Phi) is 2.97. The van der Waals surface area contributed by atoms with Crippen LogP contribution in [0, 0.1) is 0 Å². The molecule has 0 radical (unpaired) electrons. The minimum absolute atomic E-state index is 0.183. The fourth-order valence-corrected chi connectivity index (χ4v) is 1.66. The summed E-state index contributed by atoms with van der Waals surface area (Å²) in [6.45, 7) is 1.42. The molecular weight excluding hydrogens is 190 g/mol. The second-order valence-electron chi connectivity index (χ2n) is 3.88. The molecule has 80 valence electrons. The molecule has 0 bridgehead atoms. The van der Waals surface area contributed by atoms with Gasteiger partial charge in [0.25, 0.3) is 0 Å². The number of carbonyl (C=O) groups excluding carboxylic acids is 1. The summed E-state index contributed by atoms with van der Waals surface area (Å²) in [4.78, 5) is 17.6. The highest BCUT2D eigenvalue weighted by Crippen LogP contribution is 2.09. The van der Waals surface area contributed by atoms with Gasteiger partial charge < -0.3 is 10.6 Å². The van der Waals surface area contributed by atoms with Crippen molar-refractivity contribution in [1.82, 2.24) is 9.88 Å². The Bertz CT molecular complexity index is 333. The first-order valence-electron chi connectivity index (χ1n) is 5.19. The van der Waals surface area contributed by atoms with E-state index in [1.165, 1.54) is 0 Å². The Morgan fingerprint density at radius 3 is 2.93 bits per heavy atom. The third-order valence-corrected chi connectivity index (χ3v) is 2.58. The molecule has 2 heterocycles. The van der Waals surface area contributed by atoms with E-state index in [1.807, 2.05) is 18.2 Å². The van der Waals surface area contributed by atoms with E-state index in [2.05, 4.69) is 4.98 Å². The number of nitrogens with zero attached hydrogens (tertiary/aromatic N) is 2. The van der Waals surface area contributed by atoms with Crippen LogP contribution in [0.4, 0.5) is 0 Å². The summed E-state index contributed by atoms with van der Waals surface area (Å²) in [7, 11) is 0. The van der Waals surface area contributed by atoms with Gasteiger partial charge in [-0.2, -0.15) is 0 Å². The monoisotopic (exact) mass is 205 g/mol. The van der Waals surface area contributed by atoms with E-state index in [1.54, 1.807) is 11.1 Å². The molecule has 0 spiro atoms. The number of aromatic nitrogens is 1. The molecule has 1 fully saturated rings. The molecule has 2 N–H and O–H groups in total. The van der Waals surface area contributed by atoms with Crippen LogP contribution in [-0.2, 0) is 11.2 Å². The standard InChI is InChI=1S/C11H15N3O/c12-9-7-14(8-9)11(15)5-4-10-3-1-2-6-13-10/h1-3,6,9H,4-5,7-8,12H2. The third-order valence-electron chi connectivity index (χ3n) is 2.58. The first kappa shape index (κ1) is 10.1. The topological polar surface area (TPSA) is 59.2 Å². The van der Waals surface area contributed by atoms with Crippen LogP contribution in [0.15, 0.2) is 24.4 Å². The van der Waals surface area contributed by atoms with Crippen LogP contribution in [0.1, 0.15) is 12.1 Å². The lowest BCUT2D eigenvalue weighted by molar-refractivity contribution is -0.135. The Hall–Kier alpha value is -1.42. The highest BCUT2D eigenvalue weighted by molar-refractivity contribution is 5.77. The van der Waals surface area contributed by atoms with Crippen LogP contribution in [0.3, 0.4) is 0 Å². The Labute approximate surface area is 89.1 Å². The first-order chi connectivity index (χ1) is 7.25. The Balaban J connectivity index is 1.76. The van der Waals surface area contributed by atoms with Crippen molar-refractivity contribution in [3.8, 4) is 0 Å². The van der Waals surface area contributed by atoms with Crippen LogP contribution >= 0.6 is 0 Å². The molecule has 1 aliphatic rings. The quantitative estimate of drug-likeness (QED) is 0.766. The average molecular weight is 205 g/mol. The van der Waals surface area contributed by atoms with Gasteiger partial charge in [0.1, 0.15) is 0 Å². The number of likely N-dealkylation sites (tertiary alicyclic amines) is 1. The SMILES string of the molecule is NC1CN(C(=O)CCc2ccccn2)C1. The second-order valence-corrected chi connectivity index (χ2v) is 3.88. The number of aryl methyl sites for hydroxylation is 1. The van der Waals surface area contributed by atoms with Crippen molar-refractivity contribution in [2.75, 3.05) is 13.1 Å².